The zero-order valence-corrected chi connectivity index (χ0v) is 23.0. The molecule has 1 aromatic carbocycles. The summed E-state index contributed by atoms with van der Waals surface area (Å²) in [6.45, 7) is 12.3. The number of piperidine rings is 1. The van der Waals surface area contributed by atoms with E-state index in [2.05, 4.69) is 33.3 Å². The van der Waals surface area contributed by atoms with Gasteiger partial charge in [0.1, 0.15) is 17.2 Å². The molecule has 0 atom stereocenters. The van der Waals surface area contributed by atoms with Gasteiger partial charge in [0, 0.05) is 31.0 Å². The third-order valence-electron chi connectivity index (χ3n) is 6.56. The van der Waals surface area contributed by atoms with Gasteiger partial charge in [-0.1, -0.05) is 19.1 Å². The number of hydrogen-bond donors (Lipinski definition) is 1. The number of amides is 2. The van der Waals surface area contributed by atoms with Gasteiger partial charge in [0.2, 0.25) is 0 Å². The van der Waals surface area contributed by atoms with Crippen molar-refractivity contribution in [2.45, 2.75) is 59.6 Å². The molecule has 3 aromatic rings. The minimum Gasteiger partial charge on any atom is -0.443 e. The van der Waals surface area contributed by atoms with Crippen molar-refractivity contribution >= 4 is 29.3 Å². The Kier molecular flexibility index (Phi) is 8.34. The van der Waals surface area contributed by atoms with Crippen LogP contribution in [0.15, 0.2) is 54.9 Å². The molecular weight excluding hydrogens is 480 g/mol. The number of hydrogen-bond acceptors (Lipinski definition) is 6. The van der Waals surface area contributed by atoms with E-state index < -0.39 is 11.7 Å². The number of nitrogens with one attached hydrogen (secondary N) is 1. The van der Waals surface area contributed by atoms with Gasteiger partial charge in [-0.2, -0.15) is 5.10 Å². The minimum atomic E-state index is -0.646. The monoisotopic (exact) mass is 518 g/mol. The highest BCUT2D eigenvalue weighted by Crippen LogP contribution is 2.28. The van der Waals surface area contributed by atoms with Crippen LogP contribution in [0.4, 0.5) is 22.1 Å². The zero-order chi connectivity index (χ0) is 27.3. The fraction of sp³-hybridized carbons (Fsp3) is 0.448. The lowest BCUT2D eigenvalue weighted by atomic mass is 9.97. The predicted octanol–water partition coefficient (Wildman–Crippen LogP) is 5.52. The van der Waals surface area contributed by atoms with Gasteiger partial charge in [0.25, 0.3) is 5.91 Å². The first-order chi connectivity index (χ1) is 18.1. The Labute approximate surface area is 224 Å². The van der Waals surface area contributed by atoms with Crippen LogP contribution >= 0.6 is 0 Å². The lowest BCUT2D eigenvalue weighted by Gasteiger charge is -2.33. The van der Waals surface area contributed by atoms with E-state index in [1.165, 1.54) is 4.90 Å². The standard InChI is InChI=1S/C29H38N6O3/c1-21-12-16-33(17-13-21)24-20-22(2)9-10-23(24)27(36)32-26-11-15-31-35(26)19-18-34(25-8-6-7-14-30-25)28(37)38-29(3,4)5/h6-11,14-15,20-21H,12-13,16-19H2,1-5H3,(H,32,36). The minimum absolute atomic E-state index is 0.186. The first kappa shape index (κ1) is 27.2. The maximum atomic E-state index is 13.5. The van der Waals surface area contributed by atoms with Crippen LogP contribution in [0.1, 0.15) is 56.5 Å². The Hall–Kier alpha value is -3.88. The molecule has 1 aliphatic rings. The second-order valence-corrected chi connectivity index (χ2v) is 10.9. The lowest BCUT2D eigenvalue weighted by Crippen LogP contribution is -2.39. The number of rotatable bonds is 7. The van der Waals surface area contributed by atoms with Gasteiger partial charge in [-0.05, 0) is 76.3 Å². The van der Waals surface area contributed by atoms with E-state index in [-0.39, 0.29) is 12.5 Å². The van der Waals surface area contributed by atoms with Gasteiger partial charge in [-0.25, -0.2) is 14.5 Å². The molecule has 0 saturated carbocycles. The Morgan fingerprint density at radius 1 is 1.11 bits per heavy atom. The number of nitrogens with zero attached hydrogens (tertiary/aromatic N) is 5. The molecule has 1 fully saturated rings. The van der Waals surface area contributed by atoms with Crippen LogP contribution in [-0.2, 0) is 11.3 Å². The number of anilines is 3. The molecule has 9 nitrogen and oxygen atoms in total. The van der Waals surface area contributed by atoms with Crippen LogP contribution in [-0.4, -0.2) is 52.0 Å². The van der Waals surface area contributed by atoms with E-state index in [1.807, 2.05) is 45.9 Å². The number of carbonyl (C=O) groups excluding carboxylic acids is 2. The quantitative estimate of drug-likeness (QED) is 0.443. The van der Waals surface area contributed by atoms with E-state index in [1.54, 1.807) is 35.3 Å². The molecule has 9 heteroatoms. The molecule has 1 aliphatic heterocycles. The van der Waals surface area contributed by atoms with Crippen LogP contribution in [0.5, 0.6) is 0 Å². The van der Waals surface area contributed by atoms with Gasteiger partial charge in [-0.3, -0.25) is 9.69 Å². The van der Waals surface area contributed by atoms with Crippen molar-refractivity contribution in [2.75, 3.05) is 34.8 Å². The van der Waals surface area contributed by atoms with Crippen molar-refractivity contribution in [2.24, 2.45) is 5.92 Å². The number of aryl methyl sites for hydroxylation is 1. The number of aromatic nitrogens is 3. The molecule has 0 spiro atoms. The Balaban J connectivity index is 1.49. The number of ether oxygens (including phenoxy) is 1. The van der Waals surface area contributed by atoms with Crippen molar-refractivity contribution in [3.63, 3.8) is 0 Å². The Morgan fingerprint density at radius 2 is 1.87 bits per heavy atom. The molecule has 0 aliphatic carbocycles. The second-order valence-electron chi connectivity index (χ2n) is 10.9. The molecule has 4 rings (SSSR count). The maximum absolute atomic E-state index is 13.5. The summed E-state index contributed by atoms with van der Waals surface area (Å²) in [5, 5.41) is 7.42. The average molecular weight is 519 g/mol. The average Bonchev–Trinajstić information content (AvgIpc) is 3.31. The Bertz CT molecular complexity index is 1240. The molecule has 0 unspecified atom stereocenters. The summed E-state index contributed by atoms with van der Waals surface area (Å²) >= 11 is 0. The van der Waals surface area contributed by atoms with Gasteiger partial charge in [0.05, 0.1) is 24.8 Å². The van der Waals surface area contributed by atoms with Crippen LogP contribution in [0.25, 0.3) is 0 Å². The van der Waals surface area contributed by atoms with Crippen LogP contribution in [0.2, 0.25) is 0 Å². The maximum Gasteiger partial charge on any atom is 0.416 e. The lowest BCUT2D eigenvalue weighted by molar-refractivity contribution is 0.0577. The van der Waals surface area contributed by atoms with E-state index >= 15 is 0 Å². The number of pyridine rings is 1. The summed E-state index contributed by atoms with van der Waals surface area (Å²) in [5.41, 5.74) is 2.08. The molecule has 2 amide bonds. The Morgan fingerprint density at radius 3 is 2.55 bits per heavy atom. The molecule has 0 bridgehead atoms. The molecule has 1 N–H and O–H groups in total. The smallest absolute Gasteiger partial charge is 0.416 e. The van der Waals surface area contributed by atoms with E-state index in [0.29, 0.717) is 29.7 Å². The third kappa shape index (κ3) is 6.90. The fourth-order valence-electron chi connectivity index (χ4n) is 4.47. The summed E-state index contributed by atoms with van der Waals surface area (Å²) in [7, 11) is 0. The predicted molar refractivity (Wildman–Crippen MR) is 150 cm³/mol. The molecular formula is C29H38N6O3. The molecule has 38 heavy (non-hydrogen) atoms. The summed E-state index contributed by atoms with van der Waals surface area (Å²) in [5.74, 6) is 1.56. The highest BCUT2D eigenvalue weighted by molar-refractivity contribution is 6.08. The van der Waals surface area contributed by atoms with Gasteiger partial charge in [-0.15, -0.1) is 0 Å². The highest BCUT2D eigenvalue weighted by atomic mass is 16.6. The highest BCUT2D eigenvalue weighted by Gasteiger charge is 2.25. The first-order valence-corrected chi connectivity index (χ1v) is 13.2. The third-order valence-corrected chi connectivity index (χ3v) is 6.56. The fourth-order valence-corrected chi connectivity index (χ4v) is 4.47. The largest absolute Gasteiger partial charge is 0.443 e. The first-order valence-electron chi connectivity index (χ1n) is 13.2. The zero-order valence-electron chi connectivity index (χ0n) is 23.0. The number of carbonyl (C=O) groups is 2. The van der Waals surface area contributed by atoms with Crippen molar-refractivity contribution in [3.8, 4) is 0 Å². The molecule has 3 heterocycles. The van der Waals surface area contributed by atoms with Crippen molar-refractivity contribution < 1.29 is 14.3 Å². The van der Waals surface area contributed by atoms with Crippen LogP contribution in [0, 0.1) is 12.8 Å². The second kappa shape index (κ2) is 11.7. The van der Waals surface area contributed by atoms with Gasteiger partial charge in [0.15, 0.2) is 0 Å². The summed E-state index contributed by atoms with van der Waals surface area (Å²) in [6.07, 6.45) is 5.01. The SMILES string of the molecule is Cc1ccc(C(=O)Nc2ccnn2CCN(C(=O)OC(C)(C)C)c2ccccn2)c(N2CCC(C)CC2)c1. The molecule has 202 valence electrons. The van der Waals surface area contributed by atoms with E-state index in [0.717, 1.165) is 37.2 Å². The summed E-state index contributed by atoms with van der Waals surface area (Å²) in [6, 6.07) is 13.1. The topological polar surface area (TPSA) is 92.6 Å². The molecule has 0 radical (unpaired) electrons. The van der Waals surface area contributed by atoms with Crippen molar-refractivity contribution in [3.05, 3.63) is 66.0 Å². The van der Waals surface area contributed by atoms with E-state index in [9.17, 15) is 9.59 Å². The van der Waals surface area contributed by atoms with Gasteiger partial charge >= 0.3 is 6.09 Å². The summed E-state index contributed by atoms with van der Waals surface area (Å²) in [4.78, 5) is 34.5. The van der Waals surface area contributed by atoms with Crippen molar-refractivity contribution in [1.29, 1.82) is 0 Å². The van der Waals surface area contributed by atoms with Crippen LogP contribution in [0.3, 0.4) is 0 Å². The molecule has 2 aromatic heterocycles. The van der Waals surface area contributed by atoms with E-state index in [4.69, 9.17) is 4.74 Å². The summed E-state index contributed by atoms with van der Waals surface area (Å²) < 4.78 is 7.28. The normalized spacial score (nSPS) is 14.3. The van der Waals surface area contributed by atoms with Crippen LogP contribution < -0.4 is 15.1 Å². The van der Waals surface area contributed by atoms with Gasteiger partial charge < -0.3 is 15.0 Å². The van der Waals surface area contributed by atoms with Crippen molar-refractivity contribution in [1.82, 2.24) is 14.8 Å². The molecule has 1 saturated heterocycles. The number of benzene rings is 1.